The van der Waals surface area contributed by atoms with Crippen molar-refractivity contribution in [1.29, 1.82) is 0 Å². The second-order valence-electron chi connectivity index (χ2n) is 4.94. The van der Waals surface area contributed by atoms with Crippen LogP contribution in [-0.4, -0.2) is 41.7 Å². The number of hydrogen-bond acceptors (Lipinski definition) is 5. The number of ketones is 1. The number of carbonyl (C=O) groups excluding carboxylic acids is 2. The summed E-state index contributed by atoms with van der Waals surface area (Å²) in [5.41, 5.74) is 0.679. The number of carbonyl (C=O) groups is 2. The van der Waals surface area contributed by atoms with Crippen molar-refractivity contribution >= 4 is 28.2 Å². The van der Waals surface area contributed by atoms with Crippen LogP contribution in [-0.2, 0) is 4.79 Å². The van der Waals surface area contributed by atoms with Crippen molar-refractivity contribution in [3.8, 4) is 0 Å². The summed E-state index contributed by atoms with van der Waals surface area (Å²) in [5, 5.41) is 3.27. The third kappa shape index (κ3) is 5.38. The summed E-state index contributed by atoms with van der Waals surface area (Å²) in [7, 11) is 2.02. The first-order valence-corrected chi connectivity index (χ1v) is 7.72. The lowest BCUT2D eigenvalue weighted by atomic mass is 10.3. The average molecular weight is 297 g/mol. The molecule has 5 nitrogen and oxygen atoms in total. The van der Waals surface area contributed by atoms with E-state index < -0.39 is 0 Å². The average Bonchev–Trinajstić information content (AvgIpc) is 2.74. The molecule has 112 valence electrons. The molecule has 1 aromatic heterocycles. The first kappa shape index (κ1) is 16.8. The molecule has 0 fully saturated rings. The molecule has 0 atom stereocenters. The number of unbranched alkanes of at least 4 members (excludes halogenated alkanes) is 1. The summed E-state index contributed by atoms with van der Waals surface area (Å²) >= 11 is 1.24. The number of nitrogens with zero attached hydrogens (tertiary/aromatic N) is 2. The van der Waals surface area contributed by atoms with Gasteiger partial charge in [-0.1, -0.05) is 24.7 Å². The third-order valence-corrected chi connectivity index (χ3v) is 4.15. The highest BCUT2D eigenvalue weighted by atomic mass is 32.1. The molecule has 0 aliphatic carbocycles. The summed E-state index contributed by atoms with van der Waals surface area (Å²) in [4.78, 5) is 30.1. The van der Waals surface area contributed by atoms with Gasteiger partial charge in [-0.25, -0.2) is 4.98 Å². The number of rotatable bonds is 8. The molecule has 0 aliphatic heterocycles. The van der Waals surface area contributed by atoms with Crippen molar-refractivity contribution in [2.75, 3.05) is 25.5 Å². The highest BCUT2D eigenvalue weighted by Gasteiger charge is 2.13. The highest BCUT2D eigenvalue weighted by molar-refractivity contribution is 7.17. The molecular formula is C14H23N3O2S. The van der Waals surface area contributed by atoms with Crippen LogP contribution < -0.4 is 5.32 Å². The van der Waals surface area contributed by atoms with E-state index >= 15 is 0 Å². The largest absolute Gasteiger partial charge is 0.306 e. The zero-order valence-corrected chi connectivity index (χ0v) is 13.5. The molecule has 0 saturated heterocycles. The van der Waals surface area contributed by atoms with Crippen molar-refractivity contribution in [3.05, 3.63) is 10.6 Å². The van der Waals surface area contributed by atoms with E-state index in [0.717, 1.165) is 25.9 Å². The van der Waals surface area contributed by atoms with E-state index in [4.69, 9.17) is 0 Å². The number of aromatic nitrogens is 1. The summed E-state index contributed by atoms with van der Waals surface area (Å²) in [5.74, 6) is -0.0722. The number of amides is 1. The maximum atomic E-state index is 11.8. The minimum Gasteiger partial charge on any atom is -0.306 e. The fourth-order valence-corrected chi connectivity index (χ4v) is 2.67. The number of nitrogens with one attached hydrogen (secondary N) is 1. The fraction of sp³-hybridized carbons (Fsp3) is 0.643. The maximum absolute atomic E-state index is 11.8. The molecule has 1 N–H and O–H groups in total. The van der Waals surface area contributed by atoms with E-state index in [0.29, 0.717) is 22.1 Å². The summed E-state index contributed by atoms with van der Waals surface area (Å²) in [6, 6.07) is 0. The Bertz CT molecular complexity index is 471. The second kappa shape index (κ2) is 8.11. The Morgan fingerprint density at radius 1 is 1.35 bits per heavy atom. The minimum absolute atomic E-state index is 0.0141. The molecule has 0 saturated carbocycles. The van der Waals surface area contributed by atoms with E-state index in [-0.39, 0.29) is 11.7 Å². The van der Waals surface area contributed by atoms with Crippen LogP contribution in [0.1, 0.15) is 48.5 Å². The van der Waals surface area contributed by atoms with E-state index in [9.17, 15) is 9.59 Å². The standard InChI is InChI=1S/C14H23N3O2S/c1-5-6-8-17(4)9-7-12(19)16-14-15-10(2)13(20-14)11(3)18/h5-9H2,1-4H3,(H,15,16,19). The highest BCUT2D eigenvalue weighted by Crippen LogP contribution is 2.22. The molecule has 0 aliphatic rings. The van der Waals surface area contributed by atoms with Gasteiger partial charge in [0.05, 0.1) is 10.6 Å². The van der Waals surface area contributed by atoms with Crippen molar-refractivity contribution in [2.24, 2.45) is 0 Å². The van der Waals surface area contributed by atoms with Crippen molar-refractivity contribution in [3.63, 3.8) is 0 Å². The van der Waals surface area contributed by atoms with Crippen LogP contribution in [0.25, 0.3) is 0 Å². The van der Waals surface area contributed by atoms with Crippen LogP contribution in [0.15, 0.2) is 0 Å². The molecule has 1 rings (SSSR count). The predicted octanol–water partition coefficient (Wildman–Crippen LogP) is 2.71. The van der Waals surface area contributed by atoms with Crippen LogP contribution in [0.2, 0.25) is 0 Å². The van der Waals surface area contributed by atoms with Gasteiger partial charge >= 0.3 is 0 Å². The number of anilines is 1. The molecule has 0 unspecified atom stereocenters. The Labute approximate surface area is 124 Å². The smallest absolute Gasteiger partial charge is 0.227 e. The normalized spacial score (nSPS) is 10.8. The van der Waals surface area contributed by atoms with E-state index in [1.54, 1.807) is 6.92 Å². The monoisotopic (exact) mass is 297 g/mol. The molecule has 1 amide bonds. The molecule has 20 heavy (non-hydrogen) atoms. The number of hydrogen-bond donors (Lipinski definition) is 1. The fourth-order valence-electron chi connectivity index (χ4n) is 1.79. The predicted molar refractivity (Wildman–Crippen MR) is 82.5 cm³/mol. The first-order chi connectivity index (χ1) is 9.43. The number of Topliss-reactive ketones (excluding diaryl/α,β-unsaturated/α-hetero) is 1. The van der Waals surface area contributed by atoms with Crippen LogP contribution in [0.5, 0.6) is 0 Å². The topological polar surface area (TPSA) is 62.3 Å². The molecule has 1 aromatic rings. The SMILES string of the molecule is CCCCN(C)CCC(=O)Nc1nc(C)c(C(C)=O)s1. The van der Waals surface area contributed by atoms with Gasteiger partial charge < -0.3 is 10.2 Å². The van der Waals surface area contributed by atoms with Gasteiger partial charge in [0.1, 0.15) is 0 Å². The van der Waals surface area contributed by atoms with Gasteiger partial charge in [-0.05, 0) is 26.9 Å². The van der Waals surface area contributed by atoms with Crippen molar-refractivity contribution in [1.82, 2.24) is 9.88 Å². The van der Waals surface area contributed by atoms with Gasteiger partial charge in [0.2, 0.25) is 5.91 Å². The number of thiazole rings is 1. The summed E-state index contributed by atoms with van der Waals surface area (Å²) in [6.07, 6.45) is 2.74. The zero-order chi connectivity index (χ0) is 15.1. The van der Waals surface area contributed by atoms with Gasteiger partial charge in [-0.2, -0.15) is 0 Å². The molecule has 0 bridgehead atoms. The lowest BCUT2D eigenvalue weighted by Crippen LogP contribution is -2.25. The molecule has 0 aromatic carbocycles. The van der Waals surface area contributed by atoms with E-state index in [1.165, 1.54) is 18.3 Å². The van der Waals surface area contributed by atoms with Gasteiger partial charge in [-0.15, -0.1) is 0 Å². The minimum atomic E-state index is -0.0581. The van der Waals surface area contributed by atoms with Gasteiger partial charge in [0.25, 0.3) is 0 Å². The summed E-state index contributed by atoms with van der Waals surface area (Å²) < 4.78 is 0. The zero-order valence-electron chi connectivity index (χ0n) is 12.7. The first-order valence-electron chi connectivity index (χ1n) is 6.90. The quantitative estimate of drug-likeness (QED) is 0.749. The van der Waals surface area contributed by atoms with Crippen LogP contribution >= 0.6 is 11.3 Å². The van der Waals surface area contributed by atoms with Crippen LogP contribution in [0.3, 0.4) is 0 Å². The lowest BCUT2D eigenvalue weighted by molar-refractivity contribution is -0.116. The Balaban J connectivity index is 2.42. The molecule has 1 heterocycles. The Morgan fingerprint density at radius 3 is 2.60 bits per heavy atom. The molecule has 0 spiro atoms. The van der Waals surface area contributed by atoms with Gasteiger partial charge in [0.15, 0.2) is 10.9 Å². The molecule has 0 radical (unpaired) electrons. The van der Waals surface area contributed by atoms with Gasteiger partial charge in [-0.3, -0.25) is 9.59 Å². The third-order valence-electron chi connectivity index (χ3n) is 2.98. The maximum Gasteiger partial charge on any atom is 0.227 e. The Kier molecular flexibility index (Phi) is 6.81. The Hall–Kier alpha value is -1.27. The van der Waals surface area contributed by atoms with E-state index in [2.05, 4.69) is 22.1 Å². The van der Waals surface area contributed by atoms with Crippen LogP contribution in [0, 0.1) is 6.92 Å². The summed E-state index contributed by atoms with van der Waals surface area (Å²) in [6.45, 7) is 7.18. The molecule has 6 heteroatoms. The molecular weight excluding hydrogens is 274 g/mol. The lowest BCUT2D eigenvalue weighted by Gasteiger charge is -2.15. The Morgan fingerprint density at radius 2 is 2.05 bits per heavy atom. The second-order valence-corrected chi connectivity index (χ2v) is 5.94. The number of aryl methyl sites for hydroxylation is 1. The van der Waals surface area contributed by atoms with E-state index in [1.807, 2.05) is 7.05 Å². The van der Waals surface area contributed by atoms with Crippen molar-refractivity contribution < 1.29 is 9.59 Å². The van der Waals surface area contributed by atoms with Crippen LogP contribution in [0.4, 0.5) is 5.13 Å². The van der Waals surface area contributed by atoms with Gasteiger partial charge in [0, 0.05) is 19.9 Å². The van der Waals surface area contributed by atoms with Crippen molar-refractivity contribution in [2.45, 2.75) is 40.0 Å².